The average molecular weight is 470 g/mol. The van der Waals surface area contributed by atoms with Crippen LogP contribution in [0.4, 0.5) is 0 Å². The normalized spacial score (nSPS) is 15.1. The maximum Gasteiger partial charge on any atom is 0.472 e. The van der Waals surface area contributed by atoms with E-state index >= 15 is 0 Å². The Hall–Kier alpha value is -1.03. The molecule has 3 N–H and O–H groups in total. The number of hydrogen-bond donors (Lipinski definition) is 3. The standard InChI is InChI=1S/C20H39O10P/c1-3-5-7-9-11-19(23)29-17(13-21)15-27-31(25,26)28-16-18(14-22)30-20(24)12-10-8-6-4-2/h17-18,21-22H,3-16H2,1-2H3,(H,25,26). The maximum atomic E-state index is 12.0. The van der Waals surface area contributed by atoms with Crippen LogP contribution in [0.15, 0.2) is 0 Å². The van der Waals surface area contributed by atoms with Crippen molar-refractivity contribution in [3.8, 4) is 0 Å². The molecule has 0 fully saturated rings. The van der Waals surface area contributed by atoms with E-state index in [1.807, 2.05) is 13.8 Å². The molecule has 0 saturated carbocycles. The molecule has 0 aliphatic heterocycles. The van der Waals surface area contributed by atoms with E-state index in [1.54, 1.807) is 0 Å². The topological polar surface area (TPSA) is 149 Å². The summed E-state index contributed by atoms with van der Waals surface area (Å²) < 4.78 is 31.5. The van der Waals surface area contributed by atoms with E-state index in [-0.39, 0.29) is 12.8 Å². The van der Waals surface area contributed by atoms with Gasteiger partial charge in [0.25, 0.3) is 0 Å². The first kappa shape index (κ1) is 30.0. The zero-order valence-corrected chi connectivity index (χ0v) is 19.6. The third-order valence-corrected chi connectivity index (χ3v) is 5.27. The number of carbonyl (C=O) groups excluding carboxylic acids is 2. The fraction of sp³-hybridized carbons (Fsp3) is 0.900. The molecular formula is C20H39O10P. The Balaban J connectivity index is 4.27. The predicted molar refractivity (Wildman–Crippen MR) is 113 cm³/mol. The van der Waals surface area contributed by atoms with Crippen LogP contribution >= 0.6 is 7.82 Å². The summed E-state index contributed by atoms with van der Waals surface area (Å²) in [4.78, 5) is 33.2. The second-order valence-electron chi connectivity index (χ2n) is 7.27. The van der Waals surface area contributed by atoms with Gasteiger partial charge in [0.05, 0.1) is 26.4 Å². The Bertz CT molecular complexity index is 486. The van der Waals surface area contributed by atoms with Crippen LogP contribution in [-0.2, 0) is 32.7 Å². The van der Waals surface area contributed by atoms with Crippen LogP contribution in [0, 0.1) is 0 Å². The van der Waals surface area contributed by atoms with E-state index in [2.05, 4.69) is 0 Å². The number of rotatable bonds is 20. The summed E-state index contributed by atoms with van der Waals surface area (Å²) in [6, 6.07) is 0. The summed E-state index contributed by atoms with van der Waals surface area (Å²) in [5, 5.41) is 18.6. The molecular weight excluding hydrogens is 431 g/mol. The lowest BCUT2D eigenvalue weighted by Crippen LogP contribution is -2.28. The van der Waals surface area contributed by atoms with Gasteiger partial charge in [-0.3, -0.25) is 18.6 Å². The SMILES string of the molecule is CCCCCCC(=O)OC(CO)COP(=O)(O)OCC(CO)OC(=O)CCCCCC. The summed E-state index contributed by atoms with van der Waals surface area (Å²) >= 11 is 0. The van der Waals surface area contributed by atoms with Gasteiger partial charge in [-0.2, -0.15) is 0 Å². The molecule has 0 aromatic carbocycles. The first-order chi connectivity index (χ1) is 14.8. The molecule has 0 saturated heterocycles. The quantitative estimate of drug-likeness (QED) is 0.138. The van der Waals surface area contributed by atoms with Gasteiger partial charge in [0.15, 0.2) is 0 Å². The number of phosphoric ester groups is 1. The number of aliphatic hydroxyl groups is 2. The fourth-order valence-electron chi connectivity index (χ4n) is 2.52. The van der Waals surface area contributed by atoms with Gasteiger partial charge < -0.3 is 24.6 Å². The van der Waals surface area contributed by atoms with Crippen molar-refractivity contribution in [3.63, 3.8) is 0 Å². The highest BCUT2D eigenvalue weighted by Crippen LogP contribution is 2.43. The molecule has 0 bridgehead atoms. The van der Waals surface area contributed by atoms with E-state index in [1.165, 1.54) is 0 Å². The maximum absolute atomic E-state index is 12.0. The molecule has 0 aliphatic rings. The predicted octanol–water partition coefficient (Wildman–Crippen LogP) is 2.87. The lowest BCUT2D eigenvalue weighted by molar-refractivity contribution is -0.153. The molecule has 184 valence electrons. The largest absolute Gasteiger partial charge is 0.472 e. The number of unbranched alkanes of at least 4 members (excludes halogenated alkanes) is 6. The summed E-state index contributed by atoms with van der Waals surface area (Å²) in [6.45, 7) is 1.82. The number of carbonyl (C=O) groups is 2. The Labute approximate surface area is 184 Å². The Morgan fingerprint density at radius 3 is 1.45 bits per heavy atom. The van der Waals surface area contributed by atoms with E-state index in [4.69, 9.17) is 18.5 Å². The van der Waals surface area contributed by atoms with E-state index in [9.17, 15) is 29.3 Å². The minimum absolute atomic E-state index is 0.186. The first-order valence-corrected chi connectivity index (χ1v) is 12.5. The van der Waals surface area contributed by atoms with E-state index < -0.39 is 58.4 Å². The number of phosphoric acid groups is 1. The van der Waals surface area contributed by atoms with Gasteiger partial charge in [0.2, 0.25) is 0 Å². The monoisotopic (exact) mass is 470 g/mol. The summed E-state index contributed by atoms with van der Waals surface area (Å²) in [6.07, 6.45) is 5.32. The Morgan fingerprint density at radius 1 is 0.742 bits per heavy atom. The molecule has 0 amide bonds. The summed E-state index contributed by atoms with van der Waals surface area (Å²) in [7, 11) is -4.58. The smallest absolute Gasteiger partial charge is 0.457 e. The Kier molecular flexibility index (Phi) is 17.9. The van der Waals surface area contributed by atoms with Gasteiger partial charge in [-0.1, -0.05) is 52.4 Å². The van der Waals surface area contributed by atoms with Crippen molar-refractivity contribution >= 4 is 19.8 Å². The molecule has 0 aromatic heterocycles. The minimum atomic E-state index is -4.58. The van der Waals surface area contributed by atoms with Crippen LogP contribution in [0.2, 0.25) is 0 Å². The van der Waals surface area contributed by atoms with Crippen LogP contribution in [0.5, 0.6) is 0 Å². The van der Waals surface area contributed by atoms with Crippen molar-refractivity contribution < 1.29 is 47.8 Å². The van der Waals surface area contributed by atoms with Crippen LogP contribution in [0.25, 0.3) is 0 Å². The van der Waals surface area contributed by atoms with Crippen molar-refractivity contribution in [2.75, 3.05) is 26.4 Å². The highest BCUT2D eigenvalue weighted by Gasteiger charge is 2.27. The number of hydrogen-bond acceptors (Lipinski definition) is 9. The molecule has 2 atom stereocenters. The van der Waals surface area contributed by atoms with Crippen molar-refractivity contribution in [2.24, 2.45) is 0 Å². The molecule has 0 aliphatic carbocycles. The van der Waals surface area contributed by atoms with E-state index in [0.717, 1.165) is 38.5 Å². The molecule has 0 heterocycles. The third-order valence-electron chi connectivity index (χ3n) is 4.32. The van der Waals surface area contributed by atoms with Crippen LogP contribution in [0.1, 0.15) is 78.1 Å². The summed E-state index contributed by atoms with van der Waals surface area (Å²) in [5.41, 5.74) is 0. The van der Waals surface area contributed by atoms with E-state index in [0.29, 0.717) is 12.8 Å². The minimum Gasteiger partial charge on any atom is -0.457 e. The van der Waals surface area contributed by atoms with Crippen molar-refractivity contribution in [3.05, 3.63) is 0 Å². The second kappa shape index (κ2) is 18.5. The summed E-state index contributed by atoms with van der Waals surface area (Å²) in [5.74, 6) is -1.06. The molecule has 0 radical (unpaired) electrons. The van der Waals surface area contributed by atoms with Crippen LogP contribution < -0.4 is 0 Å². The van der Waals surface area contributed by atoms with Gasteiger partial charge in [-0.25, -0.2) is 4.57 Å². The molecule has 0 spiro atoms. The molecule has 0 rings (SSSR count). The lowest BCUT2D eigenvalue weighted by Gasteiger charge is -2.20. The van der Waals surface area contributed by atoms with Crippen LogP contribution in [-0.4, -0.2) is 65.7 Å². The molecule has 11 heteroatoms. The first-order valence-electron chi connectivity index (χ1n) is 11.0. The van der Waals surface area contributed by atoms with Gasteiger partial charge >= 0.3 is 19.8 Å². The lowest BCUT2D eigenvalue weighted by atomic mass is 10.1. The van der Waals surface area contributed by atoms with Gasteiger partial charge in [-0.15, -0.1) is 0 Å². The van der Waals surface area contributed by atoms with Crippen molar-refractivity contribution in [2.45, 2.75) is 90.3 Å². The molecule has 10 nitrogen and oxygen atoms in total. The fourth-order valence-corrected chi connectivity index (χ4v) is 3.31. The van der Waals surface area contributed by atoms with Gasteiger partial charge in [-0.05, 0) is 12.8 Å². The Morgan fingerprint density at radius 2 is 1.13 bits per heavy atom. The highest BCUT2D eigenvalue weighted by atomic mass is 31.2. The highest BCUT2D eigenvalue weighted by molar-refractivity contribution is 7.47. The number of ether oxygens (including phenoxy) is 2. The van der Waals surface area contributed by atoms with Crippen LogP contribution in [0.3, 0.4) is 0 Å². The zero-order chi connectivity index (χ0) is 23.5. The average Bonchev–Trinajstić information content (AvgIpc) is 2.74. The van der Waals surface area contributed by atoms with Gasteiger partial charge in [0.1, 0.15) is 12.2 Å². The van der Waals surface area contributed by atoms with Gasteiger partial charge in [0, 0.05) is 12.8 Å². The number of esters is 2. The number of aliphatic hydroxyl groups excluding tert-OH is 2. The second-order valence-corrected chi connectivity index (χ2v) is 8.72. The molecule has 2 unspecified atom stereocenters. The zero-order valence-electron chi connectivity index (χ0n) is 18.7. The van der Waals surface area contributed by atoms with Crippen molar-refractivity contribution in [1.29, 1.82) is 0 Å². The third kappa shape index (κ3) is 17.2. The van der Waals surface area contributed by atoms with Crippen molar-refractivity contribution in [1.82, 2.24) is 0 Å². The molecule has 31 heavy (non-hydrogen) atoms. The molecule has 0 aromatic rings.